The molecule has 2 atom stereocenters. The van der Waals surface area contributed by atoms with Crippen molar-refractivity contribution in [3.8, 4) is 0 Å². The topological polar surface area (TPSA) is 46.5 Å². The Labute approximate surface area is 136 Å². The number of esters is 1. The molecule has 142 valence electrons. The van der Waals surface area contributed by atoms with Crippen molar-refractivity contribution in [1.29, 1.82) is 0 Å². The van der Waals surface area contributed by atoms with Gasteiger partial charge in [0, 0.05) is 0 Å². The summed E-state index contributed by atoms with van der Waals surface area (Å²) in [6, 6.07) is 0. The second-order valence-corrected chi connectivity index (χ2v) is 6.71. The molecular formula is C15H22F6O3. The zero-order valence-corrected chi connectivity index (χ0v) is 13.7. The number of aliphatic hydroxyl groups is 1. The summed E-state index contributed by atoms with van der Waals surface area (Å²) in [5.74, 6) is -2.49. The molecule has 0 aromatic heterocycles. The maximum atomic E-state index is 13.0. The Morgan fingerprint density at radius 3 is 1.79 bits per heavy atom. The molecule has 0 heterocycles. The first kappa shape index (κ1) is 21.1. The van der Waals surface area contributed by atoms with Crippen LogP contribution in [0.2, 0.25) is 0 Å². The van der Waals surface area contributed by atoms with Crippen LogP contribution in [0, 0.1) is 11.3 Å². The molecule has 2 unspecified atom stereocenters. The highest BCUT2D eigenvalue weighted by molar-refractivity contribution is 5.77. The van der Waals surface area contributed by atoms with E-state index in [2.05, 4.69) is 0 Å². The summed E-state index contributed by atoms with van der Waals surface area (Å²) < 4.78 is 82.3. The minimum atomic E-state index is -4.79. The fourth-order valence-electron chi connectivity index (χ4n) is 2.72. The van der Waals surface area contributed by atoms with Crippen LogP contribution in [-0.2, 0) is 9.53 Å². The Kier molecular flexibility index (Phi) is 5.90. The van der Waals surface area contributed by atoms with Crippen molar-refractivity contribution in [2.75, 3.05) is 0 Å². The average molecular weight is 364 g/mol. The van der Waals surface area contributed by atoms with E-state index in [-0.39, 0.29) is 25.7 Å². The fraction of sp³-hybridized carbons (Fsp3) is 0.933. The van der Waals surface area contributed by atoms with Crippen LogP contribution in [0.1, 0.15) is 52.9 Å². The second kappa shape index (κ2) is 6.72. The predicted octanol–water partition coefficient (Wildman–Crippen LogP) is 4.38. The molecule has 1 rings (SSSR count). The van der Waals surface area contributed by atoms with E-state index in [9.17, 15) is 36.2 Å². The quantitative estimate of drug-likeness (QED) is 0.595. The van der Waals surface area contributed by atoms with Crippen LogP contribution in [0.5, 0.6) is 0 Å². The van der Waals surface area contributed by atoms with Crippen molar-refractivity contribution in [2.24, 2.45) is 11.3 Å². The summed E-state index contributed by atoms with van der Waals surface area (Å²) in [7, 11) is 0. The number of hydrogen-bond acceptors (Lipinski definition) is 3. The van der Waals surface area contributed by atoms with Crippen molar-refractivity contribution < 1.29 is 41.0 Å². The molecule has 0 saturated heterocycles. The fourth-order valence-corrected chi connectivity index (χ4v) is 2.72. The van der Waals surface area contributed by atoms with Gasteiger partial charge in [-0.1, -0.05) is 6.92 Å². The van der Waals surface area contributed by atoms with Crippen LogP contribution < -0.4 is 0 Å². The smallest absolute Gasteiger partial charge is 0.417 e. The Morgan fingerprint density at radius 2 is 1.46 bits per heavy atom. The summed E-state index contributed by atoms with van der Waals surface area (Å²) in [5.41, 5.74) is -5.51. The summed E-state index contributed by atoms with van der Waals surface area (Å²) in [4.78, 5) is 11.9. The van der Waals surface area contributed by atoms with Crippen LogP contribution in [0.4, 0.5) is 26.3 Å². The lowest BCUT2D eigenvalue weighted by molar-refractivity contribution is -0.276. The number of halogens is 6. The highest BCUT2D eigenvalue weighted by Gasteiger charge is 2.58. The van der Waals surface area contributed by atoms with E-state index in [4.69, 9.17) is 4.74 Å². The molecule has 0 aromatic rings. The molecule has 0 aromatic carbocycles. The summed E-state index contributed by atoms with van der Waals surface area (Å²) in [6.45, 7) is 2.64. The van der Waals surface area contributed by atoms with Gasteiger partial charge >= 0.3 is 18.3 Å². The lowest BCUT2D eigenvalue weighted by atomic mass is 9.76. The largest absolute Gasteiger partial charge is 0.462 e. The molecule has 0 spiro atoms. The van der Waals surface area contributed by atoms with E-state index in [1.165, 1.54) is 6.92 Å². The predicted molar refractivity (Wildman–Crippen MR) is 73.0 cm³/mol. The van der Waals surface area contributed by atoms with Gasteiger partial charge in [-0.15, -0.1) is 0 Å². The molecule has 0 radical (unpaired) electrons. The number of carbonyl (C=O) groups excluding carboxylic acids is 1. The molecule has 1 aliphatic carbocycles. The van der Waals surface area contributed by atoms with Crippen molar-refractivity contribution >= 4 is 5.97 Å². The van der Waals surface area contributed by atoms with Gasteiger partial charge in [-0.25, -0.2) is 0 Å². The number of carbonyl (C=O) groups is 1. The molecule has 9 heteroatoms. The maximum absolute atomic E-state index is 13.0. The molecule has 1 fully saturated rings. The highest BCUT2D eigenvalue weighted by atomic mass is 19.4. The molecule has 1 aliphatic rings. The zero-order chi connectivity index (χ0) is 19.0. The average Bonchev–Trinajstić information content (AvgIpc) is 2.44. The first-order valence-electron chi connectivity index (χ1n) is 7.73. The molecule has 1 N–H and O–H groups in total. The zero-order valence-electron chi connectivity index (χ0n) is 13.7. The molecule has 0 bridgehead atoms. The second-order valence-electron chi connectivity index (χ2n) is 6.71. The summed E-state index contributed by atoms with van der Waals surface area (Å²) in [6.07, 6.45) is -11.1. The first-order chi connectivity index (χ1) is 10.7. The van der Waals surface area contributed by atoms with E-state index in [1.54, 1.807) is 0 Å². The van der Waals surface area contributed by atoms with E-state index in [0.717, 1.165) is 6.92 Å². The first-order valence-corrected chi connectivity index (χ1v) is 7.73. The molecule has 0 aliphatic heterocycles. The van der Waals surface area contributed by atoms with E-state index in [0.29, 0.717) is 6.92 Å². The van der Waals surface area contributed by atoms with Crippen LogP contribution in [-0.4, -0.2) is 35.1 Å². The minimum absolute atomic E-state index is 0.0136. The summed E-state index contributed by atoms with van der Waals surface area (Å²) >= 11 is 0. The molecule has 3 nitrogen and oxygen atoms in total. The standard InChI is InChI=1S/C15H22F6O3/c1-4-12(2,14(16,17)18)11(22)24-10-7-5-9(6-8-10)13(3,23)15(19,20)21/h9-10,23H,4-8H2,1-3H3. The Bertz CT molecular complexity index is 449. The number of ether oxygens (including phenoxy) is 1. The van der Waals surface area contributed by atoms with Gasteiger partial charge in [-0.2, -0.15) is 26.3 Å². The van der Waals surface area contributed by atoms with Gasteiger partial charge in [0.15, 0.2) is 11.0 Å². The highest BCUT2D eigenvalue weighted by Crippen LogP contribution is 2.45. The summed E-state index contributed by atoms with van der Waals surface area (Å²) in [5, 5.41) is 9.64. The van der Waals surface area contributed by atoms with Crippen molar-refractivity contribution in [3.63, 3.8) is 0 Å². The van der Waals surface area contributed by atoms with Crippen molar-refractivity contribution in [3.05, 3.63) is 0 Å². The molecule has 1 saturated carbocycles. The number of hydrogen-bond donors (Lipinski definition) is 1. The van der Waals surface area contributed by atoms with Gasteiger partial charge in [0.2, 0.25) is 0 Å². The van der Waals surface area contributed by atoms with Crippen LogP contribution in [0.15, 0.2) is 0 Å². The van der Waals surface area contributed by atoms with Gasteiger partial charge in [-0.3, -0.25) is 4.79 Å². The molecular weight excluding hydrogens is 342 g/mol. The van der Waals surface area contributed by atoms with Gasteiger partial charge in [0.05, 0.1) is 0 Å². The Balaban J connectivity index is 2.69. The van der Waals surface area contributed by atoms with Crippen LogP contribution in [0.25, 0.3) is 0 Å². The number of alkyl halides is 6. The molecule has 24 heavy (non-hydrogen) atoms. The third-order valence-electron chi connectivity index (χ3n) is 5.10. The van der Waals surface area contributed by atoms with Crippen molar-refractivity contribution in [1.82, 2.24) is 0 Å². The Hall–Kier alpha value is -0.990. The monoisotopic (exact) mass is 364 g/mol. The van der Waals surface area contributed by atoms with E-state index >= 15 is 0 Å². The van der Waals surface area contributed by atoms with E-state index in [1.807, 2.05) is 0 Å². The third-order valence-corrected chi connectivity index (χ3v) is 5.10. The van der Waals surface area contributed by atoms with E-state index < -0.39 is 47.8 Å². The van der Waals surface area contributed by atoms with Crippen molar-refractivity contribution in [2.45, 2.75) is 76.9 Å². The minimum Gasteiger partial charge on any atom is -0.462 e. The molecule has 0 amide bonds. The van der Waals surface area contributed by atoms with Crippen LogP contribution >= 0.6 is 0 Å². The van der Waals surface area contributed by atoms with Crippen LogP contribution in [0.3, 0.4) is 0 Å². The third kappa shape index (κ3) is 3.97. The Morgan fingerprint density at radius 1 is 1.00 bits per heavy atom. The normalized spacial score (nSPS) is 27.9. The van der Waals surface area contributed by atoms with Gasteiger partial charge in [0.25, 0.3) is 0 Å². The lowest BCUT2D eigenvalue weighted by Gasteiger charge is -2.39. The lowest BCUT2D eigenvalue weighted by Crippen LogP contribution is -2.50. The number of rotatable bonds is 4. The SMILES string of the molecule is CCC(C)(C(=O)OC1CCC(C(C)(O)C(F)(F)F)CC1)C(F)(F)F. The van der Waals surface area contributed by atoms with Gasteiger partial charge < -0.3 is 9.84 Å². The maximum Gasteiger partial charge on any atom is 0.417 e. The van der Waals surface area contributed by atoms with Gasteiger partial charge in [-0.05, 0) is 51.9 Å². The van der Waals surface area contributed by atoms with Gasteiger partial charge in [0.1, 0.15) is 6.10 Å².